The number of hydrogen-bond acceptors (Lipinski definition) is 3. The van der Waals surface area contributed by atoms with Gasteiger partial charge < -0.3 is 5.32 Å². The normalized spacial score (nSPS) is 11.4. The van der Waals surface area contributed by atoms with Gasteiger partial charge in [-0.2, -0.15) is 8.78 Å². The lowest BCUT2D eigenvalue weighted by Crippen LogP contribution is -2.03. The Balaban J connectivity index is 2.15. The fourth-order valence-corrected chi connectivity index (χ4v) is 2.02. The number of nitrogens with zero attached hydrogens (tertiary/aromatic N) is 1. The average Bonchev–Trinajstić information content (AvgIpc) is 2.67. The second-order valence-corrected chi connectivity index (χ2v) is 4.36. The molecule has 0 aliphatic heterocycles. The number of thiazole rings is 1. The summed E-state index contributed by atoms with van der Waals surface area (Å²) in [4.78, 5) is 3.70. The van der Waals surface area contributed by atoms with E-state index in [1.54, 1.807) is 0 Å². The first-order valence-corrected chi connectivity index (χ1v) is 5.66. The van der Waals surface area contributed by atoms with Crippen molar-refractivity contribution in [2.45, 2.75) is 5.38 Å². The zero-order valence-corrected chi connectivity index (χ0v) is 9.53. The summed E-state index contributed by atoms with van der Waals surface area (Å²) < 4.78 is 25.4. The number of rotatable bonds is 3. The second kappa shape index (κ2) is 4.35. The minimum absolute atomic E-state index is 0.390. The van der Waals surface area contributed by atoms with Crippen LogP contribution in [-0.4, -0.2) is 4.98 Å². The molecule has 0 amide bonds. The molecular weight excluding hydrogens is 254 g/mol. The highest BCUT2D eigenvalue weighted by molar-refractivity contribution is 7.13. The molecule has 16 heavy (non-hydrogen) atoms. The first-order chi connectivity index (χ1) is 7.55. The quantitative estimate of drug-likeness (QED) is 0.838. The molecule has 0 saturated carbocycles. The number of nitrogens with one attached hydrogen (secondary N) is 1. The predicted molar refractivity (Wildman–Crippen MR) is 61.6 cm³/mol. The van der Waals surface area contributed by atoms with E-state index in [1.165, 1.54) is 5.38 Å². The third-order valence-electron chi connectivity index (χ3n) is 1.82. The number of benzene rings is 1. The summed E-state index contributed by atoms with van der Waals surface area (Å²) in [5.74, 6) is 0. The Morgan fingerprint density at radius 1 is 1.25 bits per heavy atom. The lowest BCUT2D eigenvalue weighted by atomic mass is 10.3. The smallest absolute Gasteiger partial charge is 0.332 e. The molecule has 0 bridgehead atoms. The van der Waals surface area contributed by atoms with Crippen molar-refractivity contribution in [1.82, 2.24) is 4.98 Å². The Hall–Kier alpha value is -1.20. The molecule has 1 aromatic heterocycles. The molecular formula is C10H7ClF2N2S. The third-order valence-corrected chi connectivity index (χ3v) is 2.77. The van der Waals surface area contributed by atoms with Crippen LogP contribution >= 0.6 is 22.9 Å². The maximum Gasteiger partial charge on any atom is 0.365 e. The van der Waals surface area contributed by atoms with Crippen molar-refractivity contribution in [2.75, 3.05) is 5.32 Å². The summed E-state index contributed by atoms with van der Waals surface area (Å²) in [5, 5.41) is 1.13. The standard InChI is InChI=1S/C10H7ClF2N2S/c11-10(12,13)8-6-16-9(15-8)14-7-4-2-1-3-5-7/h1-6H,(H,14,15). The largest absolute Gasteiger partial charge is 0.365 e. The van der Waals surface area contributed by atoms with Crippen LogP contribution in [0.4, 0.5) is 19.6 Å². The van der Waals surface area contributed by atoms with Crippen LogP contribution in [0.1, 0.15) is 5.69 Å². The van der Waals surface area contributed by atoms with E-state index < -0.39 is 11.1 Å². The first kappa shape index (κ1) is 11.3. The first-order valence-electron chi connectivity index (χ1n) is 4.40. The molecule has 0 saturated heterocycles. The highest BCUT2D eigenvalue weighted by Crippen LogP contribution is 2.34. The van der Waals surface area contributed by atoms with Gasteiger partial charge in [0.1, 0.15) is 5.69 Å². The molecule has 1 N–H and O–H groups in total. The number of alkyl halides is 3. The summed E-state index contributed by atoms with van der Waals surface area (Å²) in [6.45, 7) is 0. The number of halogens is 3. The van der Waals surface area contributed by atoms with E-state index in [4.69, 9.17) is 11.6 Å². The van der Waals surface area contributed by atoms with Gasteiger partial charge >= 0.3 is 5.38 Å². The Labute approximate surface area is 99.9 Å². The topological polar surface area (TPSA) is 24.9 Å². The van der Waals surface area contributed by atoms with E-state index in [-0.39, 0.29) is 0 Å². The molecule has 84 valence electrons. The van der Waals surface area contributed by atoms with Gasteiger partial charge in [-0.3, -0.25) is 0 Å². The average molecular weight is 261 g/mol. The van der Waals surface area contributed by atoms with Crippen LogP contribution in [0.15, 0.2) is 35.7 Å². The van der Waals surface area contributed by atoms with Crippen LogP contribution in [0.3, 0.4) is 0 Å². The zero-order chi connectivity index (χ0) is 11.6. The van der Waals surface area contributed by atoms with Crippen molar-refractivity contribution in [1.29, 1.82) is 0 Å². The van der Waals surface area contributed by atoms with Crippen LogP contribution in [0.2, 0.25) is 0 Å². The SMILES string of the molecule is FC(F)(Cl)c1csc(Nc2ccccc2)n1. The molecule has 1 heterocycles. The van der Waals surface area contributed by atoms with Gasteiger partial charge in [-0.25, -0.2) is 4.98 Å². The molecule has 0 unspecified atom stereocenters. The van der Waals surface area contributed by atoms with Gasteiger partial charge in [0, 0.05) is 11.1 Å². The highest BCUT2D eigenvalue weighted by Gasteiger charge is 2.31. The summed E-state index contributed by atoms with van der Waals surface area (Å²) >= 11 is 5.94. The van der Waals surface area contributed by atoms with Crippen LogP contribution in [0.25, 0.3) is 0 Å². The fraction of sp³-hybridized carbons (Fsp3) is 0.100. The minimum Gasteiger partial charge on any atom is -0.332 e. The second-order valence-electron chi connectivity index (χ2n) is 3.03. The number of para-hydroxylation sites is 1. The molecule has 2 rings (SSSR count). The summed E-state index contributed by atoms with van der Waals surface area (Å²) in [6, 6.07) is 9.19. The van der Waals surface area contributed by atoms with Gasteiger partial charge in [0.2, 0.25) is 0 Å². The van der Waals surface area contributed by atoms with Crippen molar-refractivity contribution in [3.8, 4) is 0 Å². The monoisotopic (exact) mass is 260 g/mol. The number of anilines is 2. The molecule has 2 aromatic rings. The van der Waals surface area contributed by atoms with Gasteiger partial charge in [0.25, 0.3) is 0 Å². The fourth-order valence-electron chi connectivity index (χ4n) is 1.11. The van der Waals surface area contributed by atoms with Crippen molar-refractivity contribution >= 4 is 33.8 Å². The van der Waals surface area contributed by atoms with E-state index in [1.807, 2.05) is 30.3 Å². The number of aromatic nitrogens is 1. The Kier molecular flexibility index (Phi) is 3.07. The number of hydrogen-bond donors (Lipinski definition) is 1. The molecule has 6 heteroatoms. The van der Waals surface area contributed by atoms with E-state index in [0.29, 0.717) is 5.13 Å². The van der Waals surface area contributed by atoms with Crippen molar-refractivity contribution < 1.29 is 8.78 Å². The predicted octanol–water partition coefficient (Wildman–Crippen LogP) is 4.17. The van der Waals surface area contributed by atoms with Gasteiger partial charge in [-0.15, -0.1) is 11.3 Å². The zero-order valence-electron chi connectivity index (χ0n) is 7.95. The lowest BCUT2D eigenvalue weighted by molar-refractivity contribution is 0.0908. The molecule has 0 radical (unpaired) electrons. The van der Waals surface area contributed by atoms with E-state index in [2.05, 4.69) is 10.3 Å². The maximum atomic E-state index is 12.7. The van der Waals surface area contributed by atoms with Crippen LogP contribution in [-0.2, 0) is 5.38 Å². The maximum absolute atomic E-state index is 12.7. The Morgan fingerprint density at radius 2 is 1.94 bits per heavy atom. The Bertz CT molecular complexity index is 467. The van der Waals surface area contributed by atoms with Gasteiger partial charge in [-0.05, 0) is 23.7 Å². The molecule has 1 aromatic carbocycles. The van der Waals surface area contributed by atoms with E-state index in [0.717, 1.165) is 17.0 Å². The summed E-state index contributed by atoms with van der Waals surface area (Å²) in [6.07, 6.45) is 0. The lowest BCUT2D eigenvalue weighted by Gasteiger charge is -2.03. The third kappa shape index (κ3) is 2.68. The molecule has 0 fully saturated rings. The van der Waals surface area contributed by atoms with E-state index in [9.17, 15) is 8.78 Å². The van der Waals surface area contributed by atoms with Crippen molar-refractivity contribution in [3.63, 3.8) is 0 Å². The summed E-state index contributed by atoms with van der Waals surface area (Å²) in [5.41, 5.74) is 0.360. The minimum atomic E-state index is -3.41. The van der Waals surface area contributed by atoms with Crippen LogP contribution in [0, 0.1) is 0 Å². The molecule has 0 spiro atoms. The van der Waals surface area contributed by atoms with Crippen molar-refractivity contribution in [2.24, 2.45) is 0 Å². The van der Waals surface area contributed by atoms with Crippen LogP contribution in [0.5, 0.6) is 0 Å². The molecule has 0 atom stereocenters. The van der Waals surface area contributed by atoms with E-state index >= 15 is 0 Å². The highest BCUT2D eigenvalue weighted by atomic mass is 35.5. The van der Waals surface area contributed by atoms with Gasteiger partial charge in [-0.1, -0.05) is 18.2 Å². The van der Waals surface area contributed by atoms with Crippen molar-refractivity contribution in [3.05, 3.63) is 41.4 Å². The Morgan fingerprint density at radius 3 is 2.50 bits per heavy atom. The molecule has 0 aliphatic carbocycles. The van der Waals surface area contributed by atoms with Gasteiger partial charge in [0.05, 0.1) is 0 Å². The molecule has 0 aliphatic rings. The molecule has 2 nitrogen and oxygen atoms in total. The van der Waals surface area contributed by atoms with Gasteiger partial charge in [0.15, 0.2) is 5.13 Å². The summed E-state index contributed by atoms with van der Waals surface area (Å²) in [7, 11) is 0. The van der Waals surface area contributed by atoms with Crippen LogP contribution < -0.4 is 5.32 Å².